The number of para-hydroxylation sites is 5. The largest absolute Gasteiger partial charge is 0.309 e. The lowest BCUT2D eigenvalue weighted by Gasteiger charge is -2.15. The number of nitrogens with zero attached hydrogens (tertiary/aromatic N) is 5. The van der Waals surface area contributed by atoms with E-state index in [4.69, 9.17) is 15.0 Å². The van der Waals surface area contributed by atoms with Crippen LogP contribution >= 0.6 is 0 Å². The molecule has 0 saturated heterocycles. The Balaban J connectivity index is 1.01. The average Bonchev–Trinajstić information content (AvgIpc) is 3.87. The third kappa shape index (κ3) is 5.18. The van der Waals surface area contributed by atoms with Crippen molar-refractivity contribution in [2.45, 2.75) is 0 Å². The van der Waals surface area contributed by atoms with Crippen molar-refractivity contribution in [1.82, 2.24) is 24.1 Å². The first-order chi connectivity index (χ1) is 30.8. The molecule has 0 radical (unpaired) electrons. The van der Waals surface area contributed by atoms with Gasteiger partial charge in [-0.2, -0.15) is 9.97 Å². The third-order valence-electron chi connectivity index (χ3n) is 12.6. The summed E-state index contributed by atoms with van der Waals surface area (Å²) in [5, 5.41) is 12.3. The molecular weight excluding hydrogens is 755 g/mol. The normalized spacial score (nSPS) is 11.9. The van der Waals surface area contributed by atoms with Crippen LogP contribution in [0.4, 0.5) is 0 Å². The van der Waals surface area contributed by atoms with E-state index in [0.29, 0.717) is 17.6 Å². The maximum Gasteiger partial charge on any atom is 0.238 e. The monoisotopic (exact) mass is 789 g/mol. The van der Waals surface area contributed by atoms with E-state index in [9.17, 15) is 0 Å². The molecule has 0 aliphatic heterocycles. The van der Waals surface area contributed by atoms with Crippen LogP contribution < -0.4 is 0 Å². The predicted octanol–water partition coefficient (Wildman–Crippen LogP) is 14.5. The number of hydrogen-bond donors (Lipinski definition) is 0. The Morgan fingerprint density at radius 2 is 0.645 bits per heavy atom. The molecule has 0 aliphatic rings. The maximum atomic E-state index is 5.37. The van der Waals surface area contributed by atoms with Gasteiger partial charge in [0.1, 0.15) is 0 Å². The lowest BCUT2D eigenvalue weighted by Crippen LogP contribution is -2.07. The van der Waals surface area contributed by atoms with Gasteiger partial charge in [0.05, 0.1) is 27.8 Å². The van der Waals surface area contributed by atoms with Gasteiger partial charge in [0.2, 0.25) is 5.95 Å². The molecule has 0 unspecified atom stereocenters. The van der Waals surface area contributed by atoms with Crippen LogP contribution in [0.15, 0.2) is 212 Å². The van der Waals surface area contributed by atoms with E-state index in [0.717, 1.165) is 60.8 Å². The minimum Gasteiger partial charge on any atom is -0.309 e. The van der Waals surface area contributed by atoms with Gasteiger partial charge in [-0.15, -0.1) is 0 Å². The Morgan fingerprint density at radius 3 is 1.19 bits per heavy atom. The van der Waals surface area contributed by atoms with Gasteiger partial charge in [-0.3, -0.25) is 4.57 Å². The molecule has 0 aliphatic carbocycles. The first-order valence-electron chi connectivity index (χ1n) is 21.0. The third-order valence-corrected chi connectivity index (χ3v) is 12.6. The van der Waals surface area contributed by atoms with E-state index in [-0.39, 0.29) is 0 Å². The Kier molecular flexibility index (Phi) is 7.54. The molecule has 0 fully saturated rings. The van der Waals surface area contributed by atoms with Crippen molar-refractivity contribution in [2.24, 2.45) is 0 Å². The van der Waals surface area contributed by atoms with Crippen LogP contribution in [0.5, 0.6) is 0 Å². The van der Waals surface area contributed by atoms with Gasteiger partial charge in [0.15, 0.2) is 11.6 Å². The molecule has 0 bridgehead atoms. The van der Waals surface area contributed by atoms with Crippen LogP contribution in [0.1, 0.15) is 0 Å². The van der Waals surface area contributed by atoms with Crippen molar-refractivity contribution in [1.29, 1.82) is 0 Å². The SMILES string of the molecule is c1ccc(-n2c3ccccc3c3ccccc32)c(-c2nc(-c3ccc(-c4ccc5c6ccccc6c6ccccc6c5c4)cc3)nc(-n3c4ccccc4c4ccccc43)n2)c1. The van der Waals surface area contributed by atoms with Crippen LogP contribution in [0.25, 0.3) is 121 Å². The standard InChI is InChI=1S/C57H35N5/c1-2-17-41-39(15-1)40-16-3-4-18-42(40)49-35-38(33-34-43(41)49)36-29-31-37(32-30-36)55-58-56(60-57(59-55)62-52-26-12-7-21-46(52)47-22-8-13-27-53(47)62)48-23-9-14-28-54(48)61-50-24-10-5-19-44(50)45-20-6-11-25-51(45)61/h1-35H. The molecule has 13 aromatic rings. The molecule has 0 N–H and O–H groups in total. The Morgan fingerprint density at radius 1 is 0.258 bits per heavy atom. The minimum absolute atomic E-state index is 0.567. The summed E-state index contributed by atoms with van der Waals surface area (Å²) in [6.45, 7) is 0. The zero-order valence-corrected chi connectivity index (χ0v) is 33.4. The zero-order valence-electron chi connectivity index (χ0n) is 33.4. The molecule has 5 nitrogen and oxygen atoms in total. The molecule has 5 heteroatoms. The topological polar surface area (TPSA) is 48.5 Å². The van der Waals surface area contributed by atoms with Crippen molar-refractivity contribution in [3.63, 3.8) is 0 Å². The summed E-state index contributed by atoms with van der Waals surface area (Å²) < 4.78 is 4.52. The molecule has 10 aromatic carbocycles. The maximum absolute atomic E-state index is 5.37. The molecule has 0 saturated carbocycles. The zero-order chi connectivity index (χ0) is 40.7. The van der Waals surface area contributed by atoms with E-state index < -0.39 is 0 Å². The van der Waals surface area contributed by atoms with E-state index in [1.165, 1.54) is 43.1 Å². The first-order valence-corrected chi connectivity index (χ1v) is 21.0. The van der Waals surface area contributed by atoms with E-state index in [1.54, 1.807) is 0 Å². The van der Waals surface area contributed by atoms with Crippen molar-refractivity contribution < 1.29 is 0 Å². The van der Waals surface area contributed by atoms with Gasteiger partial charge >= 0.3 is 0 Å². The molecule has 13 rings (SSSR count). The van der Waals surface area contributed by atoms with E-state index >= 15 is 0 Å². The highest BCUT2D eigenvalue weighted by atomic mass is 15.2. The lowest BCUT2D eigenvalue weighted by molar-refractivity contribution is 0.951. The Labute approximate surface area is 356 Å². The lowest BCUT2D eigenvalue weighted by atomic mass is 9.92. The highest BCUT2D eigenvalue weighted by Gasteiger charge is 2.21. The Hall–Kier alpha value is -8.41. The number of rotatable bonds is 5. The fraction of sp³-hybridized carbons (Fsp3) is 0. The molecule has 0 atom stereocenters. The van der Waals surface area contributed by atoms with Crippen LogP contribution in [0, 0.1) is 0 Å². The molecule has 3 heterocycles. The number of aromatic nitrogens is 5. The van der Waals surface area contributed by atoms with E-state index in [2.05, 4.69) is 221 Å². The van der Waals surface area contributed by atoms with Gasteiger partial charge in [0, 0.05) is 32.7 Å². The predicted molar refractivity (Wildman–Crippen MR) is 257 cm³/mol. The summed E-state index contributed by atoms with van der Waals surface area (Å²) in [5.74, 6) is 1.77. The molecular formula is C57H35N5. The number of hydrogen-bond acceptors (Lipinski definition) is 3. The highest BCUT2D eigenvalue weighted by molar-refractivity contribution is 6.25. The van der Waals surface area contributed by atoms with Crippen molar-refractivity contribution in [2.75, 3.05) is 0 Å². The summed E-state index contributed by atoms with van der Waals surface area (Å²) in [6, 6.07) is 75.6. The average molecular weight is 790 g/mol. The second-order valence-corrected chi connectivity index (χ2v) is 16.0. The second kappa shape index (κ2) is 13.6. The molecule has 0 amide bonds. The smallest absolute Gasteiger partial charge is 0.238 e. The summed E-state index contributed by atoms with van der Waals surface area (Å²) in [6.07, 6.45) is 0. The number of fused-ring (bicyclic) bond motifs is 12. The van der Waals surface area contributed by atoms with Crippen LogP contribution in [0.3, 0.4) is 0 Å². The fourth-order valence-electron chi connectivity index (χ4n) is 9.79. The van der Waals surface area contributed by atoms with Crippen LogP contribution in [0.2, 0.25) is 0 Å². The van der Waals surface area contributed by atoms with Gasteiger partial charge in [0.25, 0.3) is 0 Å². The second-order valence-electron chi connectivity index (χ2n) is 16.0. The van der Waals surface area contributed by atoms with E-state index in [1.807, 2.05) is 0 Å². The first kappa shape index (κ1) is 34.5. The molecule has 62 heavy (non-hydrogen) atoms. The Bertz CT molecular complexity index is 3790. The van der Waals surface area contributed by atoms with Crippen LogP contribution in [-0.2, 0) is 0 Å². The van der Waals surface area contributed by atoms with Gasteiger partial charge < -0.3 is 4.57 Å². The number of benzene rings is 10. The van der Waals surface area contributed by atoms with Gasteiger partial charge in [-0.25, -0.2) is 4.98 Å². The summed E-state index contributed by atoms with van der Waals surface area (Å²) in [7, 11) is 0. The molecule has 3 aromatic heterocycles. The van der Waals surface area contributed by atoms with Crippen molar-refractivity contribution in [3.05, 3.63) is 212 Å². The van der Waals surface area contributed by atoms with Crippen molar-refractivity contribution >= 4 is 75.9 Å². The summed E-state index contributed by atoms with van der Waals surface area (Å²) in [5.41, 5.74) is 9.45. The fourth-order valence-corrected chi connectivity index (χ4v) is 9.79. The van der Waals surface area contributed by atoms with Gasteiger partial charge in [-0.05, 0) is 85.9 Å². The quantitative estimate of drug-likeness (QED) is 0.163. The molecule has 288 valence electrons. The summed E-state index contributed by atoms with van der Waals surface area (Å²) in [4.78, 5) is 16.0. The molecule has 0 spiro atoms. The van der Waals surface area contributed by atoms with Crippen molar-refractivity contribution in [3.8, 4) is 45.5 Å². The highest BCUT2D eigenvalue weighted by Crippen LogP contribution is 2.39. The van der Waals surface area contributed by atoms with Crippen LogP contribution in [-0.4, -0.2) is 24.1 Å². The van der Waals surface area contributed by atoms with Gasteiger partial charge in [-0.1, -0.05) is 170 Å². The summed E-state index contributed by atoms with van der Waals surface area (Å²) >= 11 is 0. The minimum atomic E-state index is 0.567.